The van der Waals surface area contributed by atoms with E-state index in [-0.39, 0.29) is 6.04 Å². The number of hydrogen-bond donors (Lipinski definition) is 1. The van der Waals surface area contributed by atoms with Gasteiger partial charge in [0.25, 0.3) is 0 Å². The lowest BCUT2D eigenvalue weighted by atomic mass is 10.1. The number of aromatic nitrogens is 1. The fourth-order valence-corrected chi connectivity index (χ4v) is 2.25. The molecule has 0 bridgehead atoms. The van der Waals surface area contributed by atoms with Crippen LogP contribution < -0.4 is 5.73 Å². The molecule has 0 spiro atoms. The zero-order chi connectivity index (χ0) is 13.4. The lowest BCUT2D eigenvalue weighted by molar-refractivity contribution is 0.520. The minimum Gasteiger partial charge on any atom is -0.459 e. The summed E-state index contributed by atoms with van der Waals surface area (Å²) in [6, 6.07) is 12.8. The first-order chi connectivity index (χ1) is 9.13. The fraction of sp³-hybridized carbons (Fsp3) is 0.133. The average molecular weight is 273 g/mol. The van der Waals surface area contributed by atoms with Gasteiger partial charge in [-0.15, -0.1) is 0 Å². The first-order valence-corrected chi connectivity index (χ1v) is 6.39. The molecule has 0 radical (unpaired) electrons. The van der Waals surface area contributed by atoms with Crippen molar-refractivity contribution in [3.8, 4) is 0 Å². The summed E-state index contributed by atoms with van der Waals surface area (Å²) in [5, 5.41) is 1.63. The summed E-state index contributed by atoms with van der Waals surface area (Å²) in [7, 11) is 0. The van der Waals surface area contributed by atoms with Gasteiger partial charge in [0.2, 0.25) is 0 Å². The van der Waals surface area contributed by atoms with Gasteiger partial charge in [-0.2, -0.15) is 0 Å². The van der Waals surface area contributed by atoms with Crippen molar-refractivity contribution < 1.29 is 4.42 Å². The second-order valence-corrected chi connectivity index (χ2v) is 4.95. The van der Waals surface area contributed by atoms with Crippen LogP contribution in [0.3, 0.4) is 0 Å². The molecule has 2 aromatic heterocycles. The van der Waals surface area contributed by atoms with E-state index in [1.165, 1.54) is 0 Å². The van der Waals surface area contributed by atoms with E-state index in [2.05, 4.69) is 4.98 Å². The van der Waals surface area contributed by atoms with Crippen molar-refractivity contribution in [2.45, 2.75) is 13.0 Å². The molecule has 3 nitrogen and oxygen atoms in total. The van der Waals surface area contributed by atoms with Crippen LogP contribution in [-0.4, -0.2) is 4.98 Å². The number of aryl methyl sites for hydroxylation is 1. The molecule has 0 amide bonds. The molecule has 19 heavy (non-hydrogen) atoms. The van der Waals surface area contributed by atoms with E-state index in [1.54, 1.807) is 6.07 Å². The van der Waals surface area contributed by atoms with Gasteiger partial charge in [-0.3, -0.25) is 4.98 Å². The molecule has 0 aliphatic rings. The van der Waals surface area contributed by atoms with Gasteiger partial charge in [0.05, 0.1) is 5.69 Å². The third-order valence-electron chi connectivity index (χ3n) is 3.03. The van der Waals surface area contributed by atoms with E-state index in [0.29, 0.717) is 10.8 Å². The third kappa shape index (κ3) is 2.35. The second-order valence-electron chi connectivity index (χ2n) is 4.51. The first-order valence-electron chi connectivity index (χ1n) is 6.01. The van der Waals surface area contributed by atoms with Gasteiger partial charge in [-0.05, 0) is 43.3 Å². The van der Waals surface area contributed by atoms with E-state index in [4.69, 9.17) is 21.8 Å². The molecule has 0 fully saturated rings. The van der Waals surface area contributed by atoms with Crippen molar-refractivity contribution in [2.24, 2.45) is 5.73 Å². The molecule has 4 heteroatoms. The minimum atomic E-state index is -0.369. The summed E-state index contributed by atoms with van der Waals surface area (Å²) in [5.41, 5.74) is 8.71. The Kier molecular flexibility index (Phi) is 3.01. The number of pyridine rings is 1. The maximum atomic E-state index is 6.20. The molecule has 0 aliphatic heterocycles. The zero-order valence-corrected chi connectivity index (χ0v) is 11.2. The number of benzene rings is 1. The SMILES string of the molecule is Cc1cccc(C(N)c2cc3cc(Cl)ccc3o2)n1. The molecule has 3 aromatic rings. The fourth-order valence-electron chi connectivity index (χ4n) is 2.07. The Morgan fingerprint density at radius 2 is 2.05 bits per heavy atom. The van der Waals surface area contributed by atoms with Gasteiger partial charge in [0, 0.05) is 16.1 Å². The molecule has 1 unspecified atom stereocenters. The van der Waals surface area contributed by atoms with Crippen molar-refractivity contribution in [3.05, 3.63) is 64.6 Å². The number of rotatable bonds is 2. The van der Waals surface area contributed by atoms with Crippen molar-refractivity contribution >= 4 is 22.6 Å². The minimum absolute atomic E-state index is 0.369. The molecule has 3 rings (SSSR count). The molecule has 1 atom stereocenters. The Morgan fingerprint density at radius 3 is 2.84 bits per heavy atom. The lowest BCUT2D eigenvalue weighted by Gasteiger charge is -2.08. The second kappa shape index (κ2) is 4.68. The summed E-state index contributed by atoms with van der Waals surface area (Å²) >= 11 is 5.96. The molecule has 1 aromatic carbocycles. The van der Waals surface area contributed by atoms with Crippen molar-refractivity contribution in [1.82, 2.24) is 4.98 Å². The van der Waals surface area contributed by atoms with Crippen LogP contribution >= 0.6 is 11.6 Å². The highest BCUT2D eigenvalue weighted by molar-refractivity contribution is 6.31. The number of furan rings is 1. The number of nitrogens with two attached hydrogens (primary N) is 1. The topological polar surface area (TPSA) is 52.0 Å². The largest absolute Gasteiger partial charge is 0.459 e. The van der Waals surface area contributed by atoms with Crippen LogP contribution in [-0.2, 0) is 0 Å². The van der Waals surface area contributed by atoms with Gasteiger partial charge in [0.1, 0.15) is 17.4 Å². The maximum Gasteiger partial charge on any atom is 0.134 e. The van der Waals surface area contributed by atoms with E-state index in [1.807, 2.05) is 43.3 Å². The predicted octanol–water partition coefficient (Wildman–Crippen LogP) is 3.84. The smallest absolute Gasteiger partial charge is 0.134 e. The monoisotopic (exact) mass is 272 g/mol. The molecular weight excluding hydrogens is 260 g/mol. The summed E-state index contributed by atoms with van der Waals surface area (Å²) in [4.78, 5) is 4.43. The van der Waals surface area contributed by atoms with Gasteiger partial charge >= 0.3 is 0 Å². The standard InChI is InChI=1S/C15H13ClN2O/c1-9-3-2-4-12(18-9)15(17)14-8-10-7-11(16)5-6-13(10)19-14/h2-8,15H,17H2,1H3. The summed E-state index contributed by atoms with van der Waals surface area (Å²) in [6.07, 6.45) is 0. The molecule has 2 N–H and O–H groups in total. The van der Waals surface area contributed by atoms with E-state index >= 15 is 0 Å². The molecule has 0 aliphatic carbocycles. The van der Waals surface area contributed by atoms with Gasteiger partial charge < -0.3 is 10.2 Å². The van der Waals surface area contributed by atoms with Crippen LogP contribution in [0.2, 0.25) is 5.02 Å². The van der Waals surface area contributed by atoms with E-state index < -0.39 is 0 Å². The van der Waals surface area contributed by atoms with Crippen molar-refractivity contribution in [1.29, 1.82) is 0 Å². The predicted molar refractivity (Wildman–Crippen MR) is 76.2 cm³/mol. The Hall–Kier alpha value is -1.84. The van der Waals surface area contributed by atoms with E-state index in [9.17, 15) is 0 Å². The summed E-state index contributed by atoms with van der Waals surface area (Å²) < 4.78 is 5.76. The molecule has 0 saturated carbocycles. The Balaban J connectivity index is 2.04. The van der Waals surface area contributed by atoms with Crippen molar-refractivity contribution in [3.63, 3.8) is 0 Å². The lowest BCUT2D eigenvalue weighted by Crippen LogP contribution is -2.12. The van der Waals surface area contributed by atoms with Crippen LogP contribution in [0.4, 0.5) is 0 Å². The van der Waals surface area contributed by atoms with Crippen LogP contribution in [0.15, 0.2) is 46.9 Å². The zero-order valence-electron chi connectivity index (χ0n) is 10.4. The maximum absolute atomic E-state index is 6.20. The van der Waals surface area contributed by atoms with Gasteiger partial charge in [0.15, 0.2) is 0 Å². The van der Waals surface area contributed by atoms with Crippen LogP contribution in [0.25, 0.3) is 11.0 Å². The number of fused-ring (bicyclic) bond motifs is 1. The quantitative estimate of drug-likeness (QED) is 0.771. The van der Waals surface area contributed by atoms with Crippen LogP contribution in [0.1, 0.15) is 23.2 Å². The Labute approximate surface area is 116 Å². The van der Waals surface area contributed by atoms with E-state index in [0.717, 1.165) is 22.4 Å². The van der Waals surface area contributed by atoms with Crippen molar-refractivity contribution in [2.75, 3.05) is 0 Å². The van der Waals surface area contributed by atoms with Crippen LogP contribution in [0.5, 0.6) is 0 Å². The molecule has 0 saturated heterocycles. The molecule has 2 heterocycles. The highest BCUT2D eigenvalue weighted by Crippen LogP contribution is 2.27. The van der Waals surface area contributed by atoms with Crippen LogP contribution in [0, 0.1) is 6.92 Å². The van der Waals surface area contributed by atoms with Gasteiger partial charge in [-0.1, -0.05) is 17.7 Å². The third-order valence-corrected chi connectivity index (χ3v) is 3.27. The van der Waals surface area contributed by atoms with Gasteiger partial charge in [-0.25, -0.2) is 0 Å². The normalized spacial score (nSPS) is 12.8. The summed E-state index contributed by atoms with van der Waals surface area (Å²) in [5.74, 6) is 0.690. The Bertz CT molecular complexity index is 736. The Morgan fingerprint density at radius 1 is 1.21 bits per heavy atom. The first kappa shape index (κ1) is 12.2. The molecular formula is C15H13ClN2O. The average Bonchev–Trinajstić information content (AvgIpc) is 2.80. The highest BCUT2D eigenvalue weighted by atomic mass is 35.5. The highest BCUT2D eigenvalue weighted by Gasteiger charge is 2.15. The number of hydrogen-bond acceptors (Lipinski definition) is 3. The molecule has 96 valence electrons. The number of halogens is 1. The number of nitrogens with zero attached hydrogens (tertiary/aromatic N) is 1. The summed E-state index contributed by atoms with van der Waals surface area (Å²) in [6.45, 7) is 1.94.